The largest absolute Gasteiger partial charge is 0.509 e. The van der Waals surface area contributed by atoms with E-state index in [1.165, 1.54) is 19.1 Å². The Balaban J connectivity index is 1.52. The molecule has 7 nitrogen and oxygen atoms in total. The number of aliphatic carboxylic acids is 1. The first-order valence-corrected chi connectivity index (χ1v) is 14.8. The summed E-state index contributed by atoms with van der Waals surface area (Å²) in [5.74, 6) is -4.33. The monoisotopic (exact) mass is 564 g/mol. The Kier molecular flexibility index (Phi) is 7.03. The average molecular weight is 565 g/mol. The van der Waals surface area contributed by atoms with E-state index in [9.17, 15) is 24.6 Å². The normalized spacial score (nSPS) is 45.5. The fourth-order valence-corrected chi connectivity index (χ4v) is 9.62. The van der Waals surface area contributed by atoms with E-state index in [1.54, 1.807) is 13.8 Å². The minimum absolute atomic E-state index is 0.00507. The zero-order valence-electron chi connectivity index (χ0n) is 23.9. The molecule has 0 spiro atoms. The number of fused-ring (bicyclic) bond motifs is 5. The first-order chi connectivity index (χ1) is 18.7. The summed E-state index contributed by atoms with van der Waals surface area (Å²) in [5, 5.41) is 22.2. The molecule has 0 aromatic rings. The van der Waals surface area contributed by atoms with E-state index in [0.717, 1.165) is 31.8 Å². The number of carbonyl (C=O) groups excluding carboxylic acids is 2. The number of allylic oxidation sites excluding steroid dienone is 4. The molecule has 2 N–H and O–H groups in total. The van der Waals surface area contributed by atoms with Crippen LogP contribution in [0.2, 0.25) is 0 Å². The molecule has 5 aliphatic rings. The molecule has 5 aliphatic carbocycles. The number of alkyl halides is 2. The second-order valence-electron chi connectivity index (χ2n) is 13.5. The number of rotatable bonds is 5. The molecule has 9 heteroatoms. The van der Waals surface area contributed by atoms with E-state index in [-0.39, 0.29) is 24.8 Å². The third-order valence-electron chi connectivity index (χ3n) is 11.5. The molecule has 0 radical (unpaired) electrons. The lowest BCUT2D eigenvalue weighted by atomic mass is 9.44. The Morgan fingerprint density at radius 3 is 2.40 bits per heavy atom. The summed E-state index contributed by atoms with van der Waals surface area (Å²) >= 11 is 0. The third kappa shape index (κ3) is 3.78. The van der Waals surface area contributed by atoms with Gasteiger partial charge in [-0.15, -0.1) is 0 Å². The molecule has 9 atom stereocenters. The summed E-state index contributed by atoms with van der Waals surface area (Å²) < 4.78 is 44.9. The van der Waals surface area contributed by atoms with Crippen molar-refractivity contribution in [2.75, 3.05) is 0 Å². The fraction of sp³-hybridized carbons (Fsp3) is 0.774. The number of carboxylic acids is 1. The van der Waals surface area contributed by atoms with Gasteiger partial charge < -0.3 is 19.7 Å². The average Bonchev–Trinajstić information content (AvgIpc) is 3.10. The Morgan fingerprint density at radius 1 is 1.10 bits per heavy atom. The maximum absolute atomic E-state index is 17.4. The van der Waals surface area contributed by atoms with Crippen LogP contribution < -0.4 is 0 Å². The van der Waals surface area contributed by atoms with Gasteiger partial charge in [-0.05, 0) is 81.9 Å². The number of aliphatic hydroxyl groups excluding tert-OH is 1. The van der Waals surface area contributed by atoms with Gasteiger partial charge in [-0.1, -0.05) is 39.7 Å². The van der Waals surface area contributed by atoms with Crippen LogP contribution in [0.3, 0.4) is 0 Å². The van der Waals surface area contributed by atoms with Crippen LogP contribution >= 0.6 is 0 Å². The maximum Gasteiger partial charge on any atom is 0.509 e. The first-order valence-electron chi connectivity index (χ1n) is 14.8. The smallest absolute Gasteiger partial charge is 0.478 e. The predicted octanol–water partition coefficient (Wildman–Crippen LogP) is 6.03. The van der Waals surface area contributed by atoms with Gasteiger partial charge in [0.25, 0.3) is 0 Å². The number of hydrogen-bond donors (Lipinski definition) is 2. The number of hydrogen-bond acceptors (Lipinski definition) is 6. The summed E-state index contributed by atoms with van der Waals surface area (Å²) in [4.78, 5) is 38.6. The summed E-state index contributed by atoms with van der Waals surface area (Å²) in [6, 6.07) is 0. The van der Waals surface area contributed by atoms with Gasteiger partial charge in [-0.3, -0.25) is 4.79 Å². The molecule has 4 fully saturated rings. The zero-order chi connectivity index (χ0) is 29.3. The van der Waals surface area contributed by atoms with Crippen molar-refractivity contribution in [1.29, 1.82) is 0 Å². The molecule has 222 valence electrons. The highest BCUT2D eigenvalue weighted by atomic mass is 19.1. The van der Waals surface area contributed by atoms with E-state index in [1.807, 2.05) is 6.92 Å². The highest BCUT2D eigenvalue weighted by Crippen LogP contribution is 2.71. The van der Waals surface area contributed by atoms with Crippen molar-refractivity contribution in [3.63, 3.8) is 0 Å². The summed E-state index contributed by atoms with van der Waals surface area (Å²) in [5.41, 5.74) is -8.11. The minimum atomic E-state index is -2.34. The number of ketones is 1. The lowest BCUT2D eigenvalue weighted by molar-refractivity contribution is -0.233. The van der Waals surface area contributed by atoms with Crippen molar-refractivity contribution in [1.82, 2.24) is 0 Å². The lowest BCUT2D eigenvalue weighted by Gasteiger charge is -2.62. The second-order valence-corrected chi connectivity index (χ2v) is 13.5. The predicted molar refractivity (Wildman–Crippen MR) is 142 cm³/mol. The van der Waals surface area contributed by atoms with Crippen molar-refractivity contribution >= 4 is 17.9 Å². The van der Waals surface area contributed by atoms with Crippen LogP contribution in [-0.4, -0.2) is 57.3 Å². The second kappa shape index (κ2) is 9.63. The van der Waals surface area contributed by atoms with Crippen molar-refractivity contribution in [3.05, 3.63) is 23.8 Å². The molecule has 5 rings (SSSR count). The molecule has 0 bridgehead atoms. The van der Waals surface area contributed by atoms with Gasteiger partial charge in [-0.25, -0.2) is 18.4 Å². The van der Waals surface area contributed by atoms with Crippen molar-refractivity contribution in [2.45, 2.75) is 121 Å². The van der Waals surface area contributed by atoms with Gasteiger partial charge in [0, 0.05) is 22.7 Å². The highest BCUT2D eigenvalue weighted by Gasteiger charge is 2.78. The third-order valence-corrected chi connectivity index (χ3v) is 11.5. The van der Waals surface area contributed by atoms with Crippen molar-refractivity contribution < 1.29 is 42.9 Å². The number of aliphatic hydroxyl groups is 1. The molecule has 0 heterocycles. The Bertz CT molecular complexity index is 1140. The number of carbonyl (C=O) groups is 3. The lowest BCUT2D eigenvalue weighted by Crippen LogP contribution is -2.71. The van der Waals surface area contributed by atoms with E-state index < -0.39 is 75.6 Å². The van der Waals surface area contributed by atoms with E-state index >= 15 is 8.78 Å². The van der Waals surface area contributed by atoms with Crippen LogP contribution in [0.4, 0.5) is 13.6 Å². The Hall–Kier alpha value is -2.29. The molecular weight excluding hydrogens is 522 g/mol. The van der Waals surface area contributed by atoms with Crippen LogP contribution in [0.5, 0.6) is 0 Å². The van der Waals surface area contributed by atoms with Gasteiger partial charge in [0.05, 0.1) is 6.10 Å². The standard InChI is InChI=1S/C31H42F2O7/c1-5-10-29(11-7-6-8-12-29)39-26(38)40-31(25(36)37)18(2)14-20-21-16-23(32)22-15-19(34)9-13-27(22,3)30(21,33)24(35)17-28(20,31)4/h9,13,15,18,20-21,23-24,35H,5-8,10-12,14,16-17H2,1-4H3,(H,36,37)/t18-,20+,21+,23+,24+,27+,28+,30?,31-/m1/s1. The minimum Gasteiger partial charge on any atom is -0.478 e. The number of ether oxygens (including phenoxy) is 2. The summed E-state index contributed by atoms with van der Waals surface area (Å²) in [6.07, 6.45) is 4.49. The quantitative estimate of drug-likeness (QED) is 0.392. The highest BCUT2D eigenvalue weighted by molar-refractivity contribution is 6.01. The first kappa shape index (κ1) is 29.2. The van der Waals surface area contributed by atoms with Gasteiger partial charge >= 0.3 is 12.1 Å². The van der Waals surface area contributed by atoms with Crippen molar-refractivity contribution in [3.8, 4) is 0 Å². The molecule has 0 aliphatic heterocycles. The van der Waals surface area contributed by atoms with Crippen LogP contribution in [0.1, 0.15) is 91.9 Å². The molecule has 40 heavy (non-hydrogen) atoms. The number of halogens is 2. The molecule has 1 unspecified atom stereocenters. The number of carboxylic acid groups (broad SMARTS) is 1. The molecule has 0 saturated heterocycles. The van der Waals surface area contributed by atoms with E-state index in [4.69, 9.17) is 9.47 Å². The van der Waals surface area contributed by atoms with Gasteiger partial charge in [0.1, 0.15) is 11.8 Å². The SMILES string of the molecule is CCCC1(OC(=O)O[C@@]2(C(=O)O)[C@H](C)C[C@H]3[C@@H]4C[C@H](F)C5=CC(=O)C=C[C@]5(C)C4(F)[C@@H](O)C[C@@]32C)CCCCC1. The van der Waals surface area contributed by atoms with Gasteiger partial charge in [0.15, 0.2) is 11.5 Å². The molecular formula is C31H42F2O7. The van der Waals surface area contributed by atoms with Crippen LogP contribution in [0.25, 0.3) is 0 Å². The molecule has 0 aromatic heterocycles. The molecule has 0 amide bonds. The van der Waals surface area contributed by atoms with Crippen LogP contribution in [0, 0.1) is 28.6 Å². The summed E-state index contributed by atoms with van der Waals surface area (Å²) in [6.45, 7) is 6.78. The maximum atomic E-state index is 17.4. The van der Waals surface area contributed by atoms with Crippen molar-refractivity contribution in [2.24, 2.45) is 28.6 Å². The van der Waals surface area contributed by atoms with E-state index in [2.05, 4.69) is 0 Å². The molecule has 4 saturated carbocycles. The topological polar surface area (TPSA) is 110 Å². The van der Waals surface area contributed by atoms with Gasteiger partial charge in [0.2, 0.25) is 5.60 Å². The van der Waals surface area contributed by atoms with Gasteiger partial charge in [-0.2, -0.15) is 0 Å². The Labute approximate surface area is 234 Å². The molecule has 0 aromatic carbocycles. The zero-order valence-corrected chi connectivity index (χ0v) is 23.9. The Morgan fingerprint density at radius 2 is 1.77 bits per heavy atom. The fourth-order valence-electron chi connectivity index (χ4n) is 9.62. The van der Waals surface area contributed by atoms with E-state index in [0.29, 0.717) is 19.3 Å². The van der Waals surface area contributed by atoms with Crippen LogP contribution in [-0.2, 0) is 19.1 Å². The van der Waals surface area contributed by atoms with Crippen LogP contribution in [0.15, 0.2) is 23.8 Å². The summed E-state index contributed by atoms with van der Waals surface area (Å²) in [7, 11) is 0.